The van der Waals surface area contributed by atoms with Gasteiger partial charge in [-0.15, -0.1) is 0 Å². The lowest BCUT2D eigenvalue weighted by Gasteiger charge is -2.36. The molecule has 2 heteroatoms. The van der Waals surface area contributed by atoms with E-state index in [-0.39, 0.29) is 6.04 Å². The fourth-order valence-corrected chi connectivity index (χ4v) is 4.21. The molecule has 0 aliphatic rings. The second kappa shape index (κ2) is 10.9. The summed E-state index contributed by atoms with van der Waals surface area (Å²) in [6.07, 6.45) is 0.179. The normalized spacial score (nSPS) is 13.1. The molecule has 0 heterocycles. The third kappa shape index (κ3) is 5.94. The van der Waals surface area contributed by atoms with Crippen molar-refractivity contribution in [3.05, 3.63) is 143 Å². The quantitative estimate of drug-likeness (QED) is 0.341. The zero-order valence-corrected chi connectivity index (χ0v) is 18.6. The summed E-state index contributed by atoms with van der Waals surface area (Å²) in [6.45, 7) is 3.63. The summed E-state index contributed by atoms with van der Waals surface area (Å²) in [5.41, 5.74) is 5.89. The molecule has 0 unspecified atom stereocenters. The predicted molar refractivity (Wildman–Crippen MR) is 132 cm³/mol. The van der Waals surface area contributed by atoms with Crippen LogP contribution in [-0.2, 0) is 19.5 Å². The summed E-state index contributed by atoms with van der Waals surface area (Å²) in [5, 5.41) is 11.6. The van der Waals surface area contributed by atoms with Gasteiger partial charge < -0.3 is 5.11 Å². The van der Waals surface area contributed by atoms with Gasteiger partial charge in [-0.25, -0.2) is 0 Å². The van der Waals surface area contributed by atoms with Crippen molar-refractivity contribution >= 4 is 0 Å². The van der Waals surface area contributed by atoms with Crippen LogP contribution in [0.5, 0.6) is 0 Å². The van der Waals surface area contributed by atoms with Crippen molar-refractivity contribution in [3.8, 4) is 0 Å². The first-order chi connectivity index (χ1) is 15.7. The molecule has 0 spiro atoms. The number of nitrogens with zero attached hydrogens (tertiary/aromatic N) is 1. The van der Waals surface area contributed by atoms with Crippen LogP contribution in [0.2, 0.25) is 0 Å². The Kier molecular flexibility index (Phi) is 7.50. The molecule has 0 amide bonds. The number of hydrogen-bond donors (Lipinski definition) is 1. The Morgan fingerprint density at radius 2 is 1.03 bits per heavy atom. The van der Waals surface area contributed by atoms with Gasteiger partial charge in [0.05, 0.1) is 6.10 Å². The fourth-order valence-electron chi connectivity index (χ4n) is 4.21. The summed E-state index contributed by atoms with van der Waals surface area (Å²) in [4.78, 5) is 2.42. The first kappa shape index (κ1) is 22.0. The molecule has 2 atom stereocenters. The van der Waals surface area contributed by atoms with Gasteiger partial charge in [0, 0.05) is 19.1 Å². The van der Waals surface area contributed by atoms with E-state index in [4.69, 9.17) is 0 Å². The second-order valence-electron chi connectivity index (χ2n) is 8.49. The van der Waals surface area contributed by atoms with E-state index >= 15 is 0 Å². The SMILES string of the molecule is Cc1ccc([C@H](O)[C@H](Cc2ccccc2)N(Cc2ccccc2)Cc2ccccc2)cc1. The predicted octanol–water partition coefficient (Wildman–Crippen LogP) is 6.34. The van der Waals surface area contributed by atoms with Crippen molar-refractivity contribution in [2.75, 3.05) is 0 Å². The van der Waals surface area contributed by atoms with E-state index < -0.39 is 6.10 Å². The molecule has 4 aromatic rings. The molecular weight excluding hydrogens is 390 g/mol. The maximum Gasteiger partial charge on any atom is 0.0948 e. The molecule has 0 radical (unpaired) electrons. The van der Waals surface area contributed by atoms with E-state index in [1.54, 1.807) is 0 Å². The van der Waals surface area contributed by atoms with Crippen LogP contribution in [-0.4, -0.2) is 16.0 Å². The van der Waals surface area contributed by atoms with E-state index in [0.29, 0.717) is 0 Å². The van der Waals surface area contributed by atoms with Crippen LogP contribution < -0.4 is 0 Å². The third-order valence-corrected chi connectivity index (χ3v) is 6.00. The van der Waals surface area contributed by atoms with E-state index in [2.05, 4.69) is 109 Å². The van der Waals surface area contributed by atoms with Crippen LogP contribution in [0.1, 0.15) is 33.9 Å². The fraction of sp³-hybridized carbons (Fsp3) is 0.200. The van der Waals surface area contributed by atoms with Gasteiger partial charge in [-0.3, -0.25) is 4.90 Å². The number of aliphatic hydroxyl groups excluding tert-OH is 1. The number of benzene rings is 4. The van der Waals surface area contributed by atoms with Gasteiger partial charge >= 0.3 is 0 Å². The highest BCUT2D eigenvalue weighted by Crippen LogP contribution is 2.27. The average molecular weight is 422 g/mol. The number of rotatable bonds is 9. The van der Waals surface area contributed by atoms with E-state index in [1.165, 1.54) is 22.3 Å². The molecule has 4 aromatic carbocycles. The molecular formula is C30H31NO. The van der Waals surface area contributed by atoms with Crippen LogP contribution in [0, 0.1) is 6.92 Å². The van der Waals surface area contributed by atoms with Gasteiger partial charge in [0.1, 0.15) is 0 Å². The Morgan fingerprint density at radius 1 is 0.594 bits per heavy atom. The molecule has 32 heavy (non-hydrogen) atoms. The third-order valence-electron chi connectivity index (χ3n) is 6.00. The molecule has 0 bridgehead atoms. The summed E-state index contributed by atoms with van der Waals surface area (Å²) in [7, 11) is 0. The maximum absolute atomic E-state index is 11.6. The van der Waals surface area contributed by atoms with Crippen molar-refractivity contribution < 1.29 is 5.11 Å². The van der Waals surface area contributed by atoms with E-state index in [9.17, 15) is 5.11 Å². The molecule has 0 saturated carbocycles. The molecule has 0 saturated heterocycles. The van der Waals surface area contributed by atoms with Crippen molar-refractivity contribution in [2.24, 2.45) is 0 Å². The van der Waals surface area contributed by atoms with Crippen LogP contribution in [0.3, 0.4) is 0 Å². The van der Waals surface area contributed by atoms with Gasteiger partial charge in [-0.1, -0.05) is 121 Å². The van der Waals surface area contributed by atoms with Crippen molar-refractivity contribution in [3.63, 3.8) is 0 Å². The molecule has 2 nitrogen and oxygen atoms in total. The number of aliphatic hydroxyl groups is 1. The molecule has 0 aromatic heterocycles. The molecule has 1 N–H and O–H groups in total. The minimum absolute atomic E-state index is 0.0690. The highest BCUT2D eigenvalue weighted by molar-refractivity contribution is 5.26. The van der Waals surface area contributed by atoms with Crippen molar-refractivity contribution in [2.45, 2.75) is 38.6 Å². The van der Waals surface area contributed by atoms with E-state index in [0.717, 1.165) is 25.1 Å². The maximum atomic E-state index is 11.6. The van der Waals surface area contributed by atoms with Crippen LogP contribution in [0.25, 0.3) is 0 Å². The van der Waals surface area contributed by atoms with Crippen LogP contribution in [0.4, 0.5) is 0 Å². The Morgan fingerprint density at radius 3 is 1.50 bits per heavy atom. The number of aryl methyl sites for hydroxylation is 1. The largest absolute Gasteiger partial charge is 0.387 e. The van der Waals surface area contributed by atoms with Gasteiger partial charge in [0.25, 0.3) is 0 Å². The number of hydrogen-bond acceptors (Lipinski definition) is 2. The van der Waals surface area contributed by atoms with Gasteiger partial charge in [-0.05, 0) is 35.6 Å². The second-order valence-corrected chi connectivity index (χ2v) is 8.49. The van der Waals surface area contributed by atoms with Crippen molar-refractivity contribution in [1.29, 1.82) is 0 Å². The lowest BCUT2D eigenvalue weighted by atomic mass is 9.93. The Hall–Kier alpha value is -3.20. The summed E-state index contributed by atoms with van der Waals surface area (Å²) >= 11 is 0. The monoisotopic (exact) mass is 421 g/mol. The Bertz CT molecular complexity index is 1020. The lowest BCUT2D eigenvalue weighted by molar-refractivity contribution is 0.0382. The smallest absolute Gasteiger partial charge is 0.0948 e. The highest BCUT2D eigenvalue weighted by atomic mass is 16.3. The summed E-state index contributed by atoms with van der Waals surface area (Å²) < 4.78 is 0. The lowest BCUT2D eigenvalue weighted by Crippen LogP contribution is -2.40. The molecule has 4 rings (SSSR count). The van der Waals surface area contributed by atoms with Gasteiger partial charge in [0.2, 0.25) is 0 Å². The summed E-state index contributed by atoms with van der Waals surface area (Å²) in [5.74, 6) is 0. The van der Waals surface area contributed by atoms with Crippen molar-refractivity contribution in [1.82, 2.24) is 4.90 Å². The molecule has 0 aliphatic heterocycles. The Labute approximate surface area is 191 Å². The molecule has 162 valence electrons. The first-order valence-electron chi connectivity index (χ1n) is 11.3. The molecule has 0 fully saturated rings. The topological polar surface area (TPSA) is 23.5 Å². The minimum Gasteiger partial charge on any atom is -0.387 e. The van der Waals surface area contributed by atoms with Gasteiger partial charge in [0.15, 0.2) is 0 Å². The first-order valence-corrected chi connectivity index (χ1v) is 11.3. The minimum atomic E-state index is -0.594. The highest BCUT2D eigenvalue weighted by Gasteiger charge is 2.28. The average Bonchev–Trinajstić information content (AvgIpc) is 2.84. The van der Waals surface area contributed by atoms with Crippen LogP contribution in [0.15, 0.2) is 115 Å². The van der Waals surface area contributed by atoms with Gasteiger partial charge in [-0.2, -0.15) is 0 Å². The van der Waals surface area contributed by atoms with Crippen LogP contribution >= 0.6 is 0 Å². The zero-order valence-electron chi connectivity index (χ0n) is 18.6. The zero-order chi connectivity index (χ0) is 22.2. The summed E-state index contributed by atoms with van der Waals surface area (Å²) in [6, 6.07) is 39.8. The standard InChI is InChI=1S/C30H31NO/c1-24-17-19-28(20-18-24)30(32)29(21-25-11-5-2-6-12-25)31(22-26-13-7-3-8-14-26)23-27-15-9-4-10-16-27/h2-20,29-30,32H,21-23H2,1H3/t29-,30-/m0/s1. The molecule has 0 aliphatic carbocycles. The Balaban J connectivity index is 1.70. The van der Waals surface area contributed by atoms with E-state index in [1.807, 2.05) is 18.2 Å².